The second kappa shape index (κ2) is 36.7. The Balaban J connectivity index is 2.00. The molecule has 46 heavy (non-hydrogen) atoms. The Labute approximate surface area is 288 Å². The molecule has 3 heteroatoms. The molecular weight excluding hydrogens is 562 g/mol. The number of rotatable bonds is 35. The molecule has 1 rings (SSSR count). The largest absolute Gasteiger partial charge is 0.353 e. The fraction of sp³-hybridized carbons (Fsp3) is 0.814. The van der Waals surface area contributed by atoms with Gasteiger partial charge in [-0.3, -0.25) is 0 Å². The Morgan fingerprint density at radius 2 is 0.826 bits per heavy atom. The standard InChI is InChI=1S/C43H79NO2/c1-3-5-7-9-11-13-15-17-19-21-23-25-27-29-31-35-41-45-43(37-40-44-38-33-34-39-44)46-42-36-32-30-28-26-24-22-20-18-16-14-12-10-8-6-4-2/h11-14,17-20,43H,3-10,15-16,21-42H2,1-2H3/b13-11-,14-12-,19-17-,20-18-. The van der Waals surface area contributed by atoms with Gasteiger partial charge < -0.3 is 14.4 Å². The van der Waals surface area contributed by atoms with E-state index in [1.807, 2.05) is 0 Å². The van der Waals surface area contributed by atoms with E-state index in [1.54, 1.807) is 0 Å². The number of nitrogens with zero attached hydrogens (tertiary/aromatic N) is 1. The normalized spacial score (nSPS) is 14.6. The highest BCUT2D eigenvalue weighted by Crippen LogP contribution is 2.14. The van der Waals surface area contributed by atoms with Gasteiger partial charge in [0, 0.05) is 26.2 Å². The summed E-state index contributed by atoms with van der Waals surface area (Å²) < 4.78 is 12.6. The first kappa shape index (κ1) is 42.9. The first-order valence-electron chi connectivity index (χ1n) is 20.4. The quantitative estimate of drug-likeness (QED) is 0.0390. The number of unbranched alkanes of at least 4 members (excludes halogenated alkanes) is 18. The Hall–Kier alpha value is -1.16. The lowest BCUT2D eigenvalue weighted by Gasteiger charge is -2.22. The maximum Gasteiger partial charge on any atom is 0.158 e. The third-order valence-electron chi connectivity index (χ3n) is 9.18. The minimum atomic E-state index is -0.0171. The fourth-order valence-electron chi connectivity index (χ4n) is 6.12. The predicted octanol–water partition coefficient (Wildman–Crippen LogP) is 13.5. The maximum absolute atomic E-state index is 6.28. The van der Waals surface area contributed by atoms with Crippen LogP contribution in [0.1, 0.15) is 187 Å². The molecule has 0 atom stereocenters. The highest BCUT2D eigenvalue weighted by molar-refractivity contribution is 4.93. The van der Waals surface area contributed by atoms with Crippen molar-refractivity contribution >= 4 is 0 Å². The molecule has 1 saturated heterocycles. The molecule has 0 amide bonds. The summed E-state index contributed by atoms with van der Waals surface area (Å²) in [5.41, 5.74) is 0. The lowest BCUT2D eigenvalue weighted by Crippen LogP contribution is -2.27. The highest BCUT2D eigenvalue weighted by atomic mass is 16.7. The van der Waals surface area contributed by atoms with Crippen molar-refractivity contribution in [1.29, 1.82) is 0 Å². The van der Waals surface area contributed by atoms with E-state index in [1.165, 1.54) is 167 Å². The van der Waals surface area contributed by atoms with Gasteiger partial charge in [-0.25, -0.2) is 0 Å². The summed E-state index contributed by atoms with van der Waals surface area (Å²) in [4.78, 5) is 2.58. The second-order valence-corrected chi connectivity index (χ2v) is 13.7. The van der Waals surface area contributed by atoms with E-state index < -0.39 is 0 Å². The zero-order valence-corrected chi connectivity index (χ0v) is 31.1. The van der Waals surface area contributed by atoms with Gasteiger partial charge in [0.25, 0.3) is 0 Å². The van der Waals surface area contributed by atoms with E-state index in [0.717, 1.165) is 39.0 Å². The van der Waals surface area contributed by atoms with Gasteiger partial charge in [-0.15, -0.1) is 0 Å². The van der Waals surface area contributed by atoms with Crippen molar-refractivity contribution < 1.29 is 9.47 Å². The molecule has 1 aliphatic rings. The summed E-state index contributed by atoms with van der Waals surface area (Å²) in [6.07, 6.45) is 53.3. The van der Waals surface area contributed by atoms with Crippen LogP contribution in [0.4, 0.5) is 0 Å². The molecule has 0 unspecified atom stereocenters. The lowest BCUT2D eigenvalue weighted by molar-refractivity contribution is -0.149. The smallest absolute Gasteiger partial charge is 0.158 e. The van der Waals surface area contributed by atoms with E-state index >= 15 is 0 Å². The van der Waals surface area contributed by atoms with Crippen LogP contribution in [0.25, 0.3) is 0 Å². The summed E-state index contributed by atoms with van der Waals surface area (Å²) >= 11 is 0. The van der Waals surface area contributed by atoms with Crippen LogP contribution in [0, 0.1) is 0 Å². The average Bonchev–Trinajstić information content (AvgIpc) is 3.60. The molecule has 0 N–H and O–H groups in total. The Kier molecular flexibility index (Phi) is 34.2. The molecule has 0 bridgehead atoms. The van der Waals surface area contributed by atoms with Crippen LogP contribution in [0.2, 0.25) is 0 Å². The van der Waals surface area contributed by atoms with Gasteiger partial charge >= 0.3 is 0 Å². The van der Waals surface area contributed by atoms with E-state index in [-0.39, 0.29) is 6.29 Å². The molecule has 0 aromatic carbocycles. The summed E-state index contributed by atoms with van der Waals surface area (Å²) in [7, 11) is 0. The van der Waals surface area contributed by atoms with Crippen molar-refractivity contribution in [3.05, 3.63) is 48.6 Å². The van der Waals surface area contributed by atoms with Crippen LogP contribution in [-0.4, -0.2) is 44.0 Å². The van der Waals surface area contributed by atoms with Gasteiger partial charge in [0.05, 0.1) is 0 Å². The highest BCUT2D eigenvalue weighted by Gasteiger charge is 2.15. The van der Waals surface area contributed by atoms with E-state index in [4.69, 9.17) is 9.47 Å². The van der Waals surface area contributed by atoms with Crippen molar-refractivity contribution in [3.63, 3.8) is 0 Å². The summed E-state index contributed by atoms with van der Waals surface area (Å²) in [6.45, 7) is 9.87. The summed E-state index contributed by atoms with van der Waals surface area (Å²) in [5, 5.41) is 0. The second-order valence-electron chi connectivity index (χ2n) is 13.7. The average molecular weight is 642 g/mol. The summed E-state index contributed by atoms with van der Waals surface area (Å²) in [6, 6.07) is 0. The molecule has 0 aromatic heterocycles. The van der Waals surface area contributed by atoms with Crippen LogP contribution in [-0.2, 0) is 9.47 Å². The molecule has 0 aliphatic carbocycles. The topological polar surface area (TPSA) is 21.7 Å². The van der Waals surface area contributed by atoms with Crippen LogP contribution in [0.15, 0.2) is 48.6 Å². The van der Waals surface area contributed by atoms with Gasteiger partial charge in [0.1, 0.15) is 0 Å². The Morgan fingerprint density at radius 3 is 1.24 bits per heavy atom. The van der Waals surface area contributed by atoms with Crippen molar-refractivity contribution in [2.24, 2.45) is 0 Å². The molecular formula is C43H79NO2. The van der Waals surface area contributed by atoms with Gasteiger partial charge in [-0.2, -0.15) is 0 Å². The van der Waals surface area contributed by atoms with Gasteiger partial charge in [-0.1, -0.05) is 140 Å². The van der Waals surface area contributed by atoms with Crippen LogP contribution in [0.3, 0.4) is 0 Å². The van der Waals surface area contributed by atoms with Crippen molar-refractivity contribution in [2.75, 3.05) is 32.8 Å². The van der Waals surface area contributed by atoms with Gasteiger partial charge in [-0.05, 0) is 103 Å². The number of hydrogen-bond donors (Lipinski definition) is 0. The SMILES string of the molecule is CCCCC/C=C\C/C=C\CCCCCCCCOC(CCN1CCCC1)OCCCCCCCC/C=C\C/C=C\CCCCC. The van der Waals surface area contributed by atoms with Crippen molar-refractivity contribution in [3.8, 4) is 0 Å². The zero-order valence-electron chi connectivity index (χ0n) is 31.1. The number of allylic oxidation sites excluding steroid dienone is 8. The number of likely N-dealkylation sites (tertiary alicyclic amines) is 1. The van der Waals surface area contributed by atoms with Crippen LogP contribution >= 0.6 is 0 Å². The molecule has 0 saturated carbocycles. The van der Waals surface area contributed by atoms with E-state index in [0.29, 0.717) is 0 Å². The monoisotopic (exact) mass is 642 g/mol. The van der Waals surface area contributed by atoms with Gasteiger partial charge in [0.15, 0.2) is 6.29 Å². The third kappa shape index (κ3) is 31.4. The molecule has 1 aliphatic heterocycles. The first-order chi connectivity index (χ1) is 22.9. The van der Waals surface area contributed by atoms with Crippen molar-refractivity contribution in [2.45, 2.75) is 193 Å². The van der Waals surface area contributed by atoms with E-state index in [2.05, 4.69) is 67.4 Å². The molecule has 1 fully saturated rings. The minimum Gasteiger partial charge on any atom is -0.353 e. The number of ether oxygens (including phenoxy) is 2. The maximum atomic E-state index is 6.28. The zero-order chi connectivity index (χ0) is 32.9. The molecule has 1 heterocycles. The summed E-state index contributed by atoms with van der Waals surface area (Å²) in [5.74, 6) is 0. The first-order valence-corrected chi connectivity index (χ1v) is 20.4. The molecule has 0 aromatic rings. The minimum absolute atomic E-state index is 0.0171. The van der Waals surface area contributed by atoms with Crippen LogP contribution in [0.5, 0.6) is 0 Å². The Bertz CT molecular complexity index is 656. The van der Waals surface area contributed by atoms with Gasteiger partial charge in [0.2, 0.25) is 0 Å². The predicted molar refractivity (Wildman–Crippen MR) is 205 cm³/mol. The Morgan fingerprint density at radius 1 is 0.457 bits per heavy atom. The van der Waals surface area contributed by atoms with Crippen molar-refractivity contribution in [1.82, 2.24) is 4.90 Å². The number of hydrogen-bond acceptors (Lipinski definition) is 3. The molecule has 0 radical (unpaired) electrons. The lowest BCUT2D eigenvalue weighted by atomic mass is 10.1. The van der Waals surface area contributed by atoms with E-state index in [9.17, 15) is 0 Å². The molecule has 0 spiro atoms. The fourth-order valence-corrected chi connectivity index (χ4v) is 6.12. The van der Waals surface area contributed by atoms with Crippen LogP contribution < -0.4 is 0 Å². The molecule has 268 valence electrons. The third-order valence-corrected chi connectivity index (χ3v) is 9.18. The molecule has 3 nitrogen and oxygen atoms in total.